The standard InChI is InChI=1S/C38H37N5O5/c1-26-5-9-28(10-6-26)29-13-15-31(16-14-29)37-40-36(41-48-37)30-11-7-27(8-12-30)23-43(25-35(45)46)38(47)32-17-19-33(20-18-32)39-34(44)24-42-21-3-2-4-22-42/h5-20H,2-4,21-25H2,1H3,(H,39,44)(H,45,46). The van der Waals surface area contributed by atoms with E-state index < -0.39 is 18.4 Å². The number of carbonyl (C=O) groups excluding carboxylic acids is 2. The molecule has 1 aromatic heterocycles. The molecular formula is C38H37N5O5. The van der Waals surface area contributed by atoms with Crippen LogP contribution in [-0.2, 0) is 16.1 Å². The van der Waals surface area contributed by atoms with Crippen LogP contribution >= 0.6 is 0 Å². The summed E-state index contributed by atoms with van der Waals surface area (Å²) in [6.07, 6.45) is 3.41. The number of carboxylic acid groups (broad SMARTS) is 1. The zero-order chi connectivity index (χ0) is 33.5. The lowest BCUT2D eigenvalue weighted by molar-refractivity contribution is -0.137. The molecule has 2 heterocycles. The van der Waals surface area contributed by atoms with Gasteiger partial charge in [-0.25, -0.2) is 0 Å². The lowest BCUT2D eigenvalue weighted by Gasteiger charge is -2.25. The van der Waals surface area contributed by atoms with Crippen molar-refractivity contribution in [1.29, 1.82) is 0 Å². The van der Waals surface area contributed by atoms with E-state index in [0.29, 0.717) is 29.5 Å². The van der Waals surface area contributed by atoms with Crippen LogP contribution in [0.5, 0.6) is 0 Å². The van der Waals surface area contributed by atoms with Gasteiger partial charge in [0.25, 0.3) is 11.8 Å². The Labute approximate surface area is 279 Å². The molecule has 2 N–H and O–H groups in total. The fraction of sp³-hybridized carbons (Fsp3) is 0.237. The molecule has 2 amide bonds. The highest BCUT2D eigenvalue weighted by Crippen LogP contribution is 2.26. The average Bonchev–Trinajstić information content (AvgIpc) is 3.60. The molecule has 0 spiro atoms. The minimum Gasteiger partial charge on any atom is -0.480 e. The van der Waals surface area contributed by atoms with E-state index >= 15 is 0 Å². The molecule has 0 atom stereocenters. The summed E-state index contributed by atoms with van der Waals surface area (Å²) in [7, 11) is 0. The predicted octanol–water partition coefficient (Wildman–Crippen LogP) is 6.53. The number of benzene rings is 4. The normalized spacial score (nSPS) is 13.2. The summed E-state index contributed by atoms with van der Waals surface area (Å²) < 4.78 is 5.54. The minimum absolute atomic E-state index is 0.0879. The van der Waals surface area contributed by atoms with Crippen LogP contribution in [0.4, 0.5) is 5.69 Å². The van der Waals surface area contributed by atoms with Crippen LogP contribution in [0.3, 0.4) is 0 Å². The first kappa shape index (κ1) is 32.3. The molecule has 5 aromatic rings. The van der Waals surface area contributed by atoms with Crippen LogP contribution in [0.1, 0.15) is 40.7 Å². The van der Waals surface area contributed by atoms with Crippen molar-refractivity contribution in [2.45, 2.75) is 32.7 Å². The zero-order valence-corrected chi connectivity index (χ0v) is 26.8. The number of carboxylic acids is 1. The molecule has 0 bridgehead atoms. The third kappa shape index (κ3) is 8.21. The molecule has 0 saturated carbocycles. The van der Waals surface area contributed by atoms with Gasteiger partial charge in [-0.1, -0.05) is 77.8 Å². The molecule has 0 aliphatic carbocycles. The van der Waals surface area contributed by atoms with Crippen molar-refractivity contribution in [3.8, 4) is 34.0 Å². The third-order valence-corrected chi connectivity index (χ3v) is 8.37. The Morgan fingerprint density at radius 1 is 0.792 bits per heavy atom. The van der Waals surface area contributed by atoms with E-state index in [1.807, 2.05) is 48.5 Å². The summed E-state index contributed by atoms with van der Waals surface area (Å²) in [4.78, 5) is 45.5. The second-order valence-electron chi connectivity index (χ2n) is 12.1. The van der Waals surface area contributed by atoms with Crippen LogP contribution in [0.15, 0.2) is 102 Å². The first-order chi connectivity index (χ1) is 23.3. The molecule has 1 aliphatic rings. The lowest BCUT2D eigenvalue weighted by Crippen LogP contribution is -2.36. The second-order valence-corrected chi connectivity index (χ2v) is 12.1. The Kier molecular flexibility index (Phi) is 10.0. The highest BCUT2D eigenvalue weighted by atomic mass is 16.5. The maximum Gasteiger partial charge on any atom is 0.323 e. The maximum absolute atomic E-state index is 13.4. The largest absolute Gasteiger partial charge is 0.480 e. The quantitative estimate of drug-likeness (QED) is 0.166. The van der Waals surface area contributed by atoms with Crippen LogP contribution in [-0.4, -0.2) is 69.0 Å². The van der Waals surface area contributed by atoms with E-state index in [4.69, 9.17) is 4.52 Å². The molecule has 1 saturated heterocycles. The lowest BCUT2D eigenvalue weighted by atomic mass is 10.0. The Balaban J connectivity index is 1.08. The molecule has 244 valence electrons. The molecule has 10 nitrogen and oxygen atoms in total. The smallest absolute Gasteiger partial charge is 0.323 e. The number of nitrogens with one attached hydrogen (secondary N) is 1. The number of nitrogens with zero attached hydrogens (tertiary/aromatic N) is 4. The first-order valence-corrected chi connectivity index (χ1v) is 16.0. The monoisotopic (exact) mass is 643 g/mol. The van der Waals surface area contributed by atoms with Gasteiger partial charge in [-0.3, -0.25) is 19.3 Å². The number of hydrogen-bond donors (Lipinski definition) is 2. The van der Waals surface area contributed by atoms with Gasteiger partial charge in [0.2, 0.25) is 11.7 Å². The van der Waals surface area contributed by atoms with E-state index in [2.05, 4.69) is 51.5 Å². The summed E-state index contributed by atoms with van der Waals surface area (Å²) in [5.74, 6) is -0.829. The number of amides is 2. The molecular weight excluding hydrogens is 606 g/mol. The second kappa shape index (κ2) is 14.9. The van der Waals surface area contributed by atoms with Crippen molar-refractivity contribution >= 4 is 23.5 Å². The summed E-state index contributed by atoms with van der Waals surface area (Å²) in [5.41, 5.74) is 6.60. The summed E-state index contributed by atoms with van der Waals surface area (Å²) in [6.45, 7) is 3.86. The van der Waals surface area contributed by atoms with Crippen LogP contribution < -0.4 is 5.32 Å². The number of likely N-dealkylation sites (tertiary alicyclic amines) is 1. The number of hydrogen-bond acceptors (Lipinski definition) is 7. The number of carbonyl (C=O) groups is 3. The molecule has 48 heavy (non-hydrogen) atoms. The van der Waals surface area contributed by atoms with Gasteiger partial charge in [0, 0.05) is 28.9 Å². The van der Waals surface area contributed by atoms with Gasteiger partial charge < -0.3 is 19.8 Å². The third-order valence-electron chi connectivity index (χ3n) is 8.37. The Hall–Kier alpha value is -5.61. The van der Waals surface area contributed by atoms with Crippen molar-refractivity contribution < 1.29 is 24.0 Å². The number of rotatable bonds is 11. The zero-order valence-electron chi connectivity index (χ0n) is 26.8. The number of piperidine rings is 1. The number of aryl methyl sites for hydroxylation is 1. The van der Waals surface area contributed by atoms with E-state index in [-0.39, 0.29) is 12.5 Å². The van der Waals surface area contributed by atoms with Crippen LogP contribution in [0.2, 0.25) is 0 Å². The molecule has 0 radical (unpaired) electrons. The molecule has 0 unspecified atom stereocenters. The average molecular weight is 644 g/mol. The number of aliphatic carboxylic acids is 1. The predicted molar refractivity (Wildman–Crippen MR) is 183 cm³/mol. The van der Waals surface area contributed by atoms with E-state index in [0.717, 1.165) is 53.7 Å². The van der Waals surface area contributed by atoms with Gasteiger partial charge >= 0.3 is 5.97 Å². The minimum atomic E-state index is -1.12. The molecule has 6 rings (SSSR count). The van der Waals surface area contributed by atoms with Crippen molar-refractivity contribution in [2.75, 3.05) is 31.5 Å². The molecule has 1 aliphatic heterocycles. The Bertz CT molecular complexity index is 1860. The van der Waals surface area contributed by atoms with E-state index in [1.165, 1.54) is 16.9 Å². The fourth-order valence-electron chi connectivity index (χ4n) is 5.75. The SMILES string of the molecule is Cc1ccc(-c2ccc(-c3nc(-c4ccc(CN(CC(=O)O)C(=O)c5ccc(NC(=O)CN6CCCCC6)cc5)cc4)no3)cc2)cc1. The summed E-state index contributed by atoms with van der Waals surface area (Å²) in [6, 6.07) is 30.0. The van der Waals surface area contributed by atoms with Gasteiger partial charge in [-0.05, 0) is 85.9 Å². The van der Waals surface area contributed by atoms with Gasteiger partial charge in [0.1, 0.15) is 6.54 Å². The number of aromatic nitrogens is 2. The summed E-state index contributed by atoms with van der Waals surface area (Å²) in [5, 5.41) is 16.6. The highest BCUT2D eigenvalue weighted by molar-refractivity contribution is 5.97. The van der Waals surface area contributed by atoms with Gasteiger partial charge in [0.05, 0.1) is 6.54 Å². The Morgan fingerprint density at radius 3 is 2.04 bits per heavy atom. The van der Waals surface area contributed by atoms with Crippen molar-refractivity contribution in [1.82, 2.24) is 19.9 Å². The van der Waals surface area contributed by atoms with Crippen LogP contribution in [0, 0.1) is 6.92 Å². The van der Waals surface area contributed by atoms with Crippen molar-refractivity contribution in [3.05, 3.63) is 114 Å². The van der Waals surface area contributed by atoms with Gasteiger partial charge in [0.15, 0.2) is 0 Å². The topological polar surface area (TPSA) is 129 Å². The molecule has 10 heteroatoms. The van der Waals surface area contributed by atoms with Crippen LogP contribution in [0.25, 0.3) is 34.0 Å². The highest BCUT2D eigenvalue weighted by Gasteiger charge is 2.20. The summed E-state index contributed by atoms with van der Waals surface area (Å²) >= 11 is 0. The molecule has 4 aromatic carbocycles. The first-order valence-electron chi connectivity index (χ1n) is 16.0. The Morgan fingerprint density at radius 2 is 1.40 bits per heavy atom. The van der Waals surface area contributed by atoms with Gasteiger partial charge in [-0.15, -0.1) is 0 Å². The van der Waals surface area contributed by atoms with Crippen molar-refractivity contribution in [2.24, 2.45) is 0 Å². The fourth-order valence-corrected chi connectivity index (χ4v) is 5.75. The van der Waals surface area contributed by atoms with E-state index in [1.54, 1.807) is 24.3 Å². The van der Waals surface area contributed by atoms with Crippen molar-refractivity contribution in [3.63, 3.8) is 0 Å². The number of anilines is 1. The maximum atomic E-state index is 13.4. The van der Waals surface area contributed by atoms with Gasteiger partial charge in [-0.2, -0.15) is 4.98 Å². The molecule has 1 fully saturated rings. The van der Waals surface area contributed by atoms with E-state index in [9.17, 15) is 19.5 Å².